The van der Waals surface area contributed by atoms with Crippen molar-refractivity contribution in [1.29, 1.82) is 0 Å². The van der Waals surface area contributed by atoms with Gasteiger partial charge < -0.3 is 5.32 Å². The van der Waals surface area contributed by atoms with Crippen molar-refractivity contribution < 1.29 is 13.2 Å². The zero-order chi connectivity index (χ0) is 13.1. The lowest BCUT2D eigenvalue weighted by atomic mass is 10.2. The van der Waals surface area contributed by atoms with Crippen molar-refractivity contribution in [3.8, 4) is 0 Å². The predicted molar refractivity (Wildman–Crippen MR) is 67.4 cm³/mol. The molecule has 0 aromatic heterocycles. The van der Waals surface area contributed by atoms with Crippen molar-refractivity contribution >= 4 is 33.2 Å². The minimum atomic E-state index is -3.31. The lowest BCUT2D eigenvalue weighted by Crippen LogP contribution is -2.19. The third-order valence-electron chi connectivity index (χ3n) is 1.88. The van der Waals surface area contributed by atoms with E-state index in [0.717, 1.165) is 11.8 Å². The molecule has 0 aliphatic carbocycles. The third-order valence-corrected chi connectivity index (χ3v) is 2.84. The van der Waals surface area contributed by atoms with Gasteiger partial charge in [0, 0.05) is 24.2 Å². The average molecular weight is 277 g/mol. The lowest BCUT2D eigenvalue weighted by Gasteiger charge is -2.08. The maximum Gasteiger partial charge on any atom is 0.229 e. The van der Waals surface area contributed by atoms with Crippen LogP contribution in [0.2, 0.25) is 5.02 Å². The molecule has 1 amide bonds. The Labute approximate surface area is 105 Å². The predicted octanol–water partition coefficient (Wildman–Crippen LogP) is 1.35. The molecule has 0 bridgehead atoms. The van der Waals surface area contributed by atoms with Crippen LogP contribution in [-0.4, -0.2) is 20.6 Å². The Kier molecular flexibility index (Phi) is 4.36. The molecule has 0 atom stereocenters. The molecule has 0 aliphatic heterocycles. The highest BCUT2D eigenvalue weighted by atomic mass is 35.5. The summed E-state index contributed by atoms with van der Waals surface area (Å²) in [6, 6.07) is 4.75. The van der Waals surface area contributed by atoms with E-state index >= 15 is 0 Å². The van der Waals surface area contributed by atoms with Crippen LogP contribution in [0.25, 0.3) is 0 Å². The fourth-order valence-corrected chi connectivity index (χ4v) is 1.99. The summed E-state index contributed by atoms with van der Waals surface area (Å²) >= 11 is 5.96. The number of hydrogen-bond acceptors (Lipinski definition) is 3. The van der Waals surface area contributed by atoms with Gasteiger partial charge in [-0.25, -0.2) is 8.42 Å². The summed E-state index contributed by atoms with van der Waals surface area (Å²) in [6.45, 7) is 1.72. The van der Waals surface area contributed by atoms with Gasteiger partial charge in [0.15, 0.2) is 0 Å². The standard InChI is InChI=1S/C10H13ClN2O3S/c1-7(14)12-6-8-3-4-9(5-10(8)11)13-17(2,15)16/h3-5,13H,6H2,1-2H3,(H,12,14). The molecular weight excluding hydrogens is 264 g/mol. The van der Waals surface area contributed by atoms with E-state index in [-0.39, 0.29) is 5.91 Å². The van der Waals surface area contributed by atoms with Crippen LogP contribution in [0.4, 0.5) is 5.69 Å². The number of sulfonamides is 1. The van der Waals surface area contributed by atoms with Crippen LogP contribution < -0.4 is 10.0 Å². The first-order chi connectivity index (χ1) is 7.78. The maximum absolute atomic E-state index is 11.0. The number of halogens is 1. The van der Waals surface area contributed by atoms with Crippen LogP contribution in [0.1, 0.15) is 12.5 Å². The lowest BCUT2D eigenvalue weighted by molar-refractivity contribution is -0.119. The molecule has 0 heterocycles. The van der Waals surface area contributed by atoms with Crippen LogP contribution in [0, 0.1) is 0 Å². The number of anilines is 1. The molecule has 94 valence electrons. The number of rotatable bonds is 4. The fraction of sp³-hybridized carbons (Fsp3) is 0.300. The Morgan fingerprint density at radius 1 is 1.41 bits per heavy atom. The first kappa shape index (κ1) is 13.8. The first-order valence-corrected chi connectivity index (χ1v) is 7.05. The normalized spacial score (nSPS) is 11.0. The zero-order valence-corrected chi connectivity index (χ0v) is 11.0. The SMILES string of the molecule is CC(=O)NCc1ccc(NS(C)(=O)=O)cc1Cl. The van der Waals surface area contributed by atoms with Gasteiger partial charge in [0.25, 0.3) is 0 Å². The van der Waals surface area contributed by atoms with Crippen LogP contribution in [0.3, 0.4) is 0 Å². The molecule has 2 N–H and O–H groups in total. The molecule has 1 aromatic carbocycles. The topological polar surface area (TPSA) is 75.3 Å². The van der Waals surface area contributed by atoms with Gasteiger partial charge in [-0.2, -0.15) is 0 Å². The van der Waals surface area contributed by atoms with E-state index < -0.39 is 10.0 Å². The number of carbonyl (C=O) groups is 1. The van der Waals surface area contributed by atoms with E-state index in [4.69, 9.17) is 11.6 Å². The molecule has 5 nitrogen and oxygen atoms in total. The highest BCUT2D eigenvalue weighted by molar-refractivity contribution is 7.92. The van der Waals surface area contributed by atoms with Crippen molar-refractivity contribution in [2.24, 2.45) is 0 Å². The van der Waals surface area contributed by atoms with E-state index in [1.165, 1.54) is 13.0 Å². The van der Waals surface area contributed by atoms with Gasteiger partial charge >= 0.3 is 0 Å². The zero-order valence-electron chi connectivity index (χ0n) is 9.45. The van der Waals surface area contributed by atoms with Crippen LogP contribution >= 0.6 is 11.6 Å². The fourth-order valence-electron chi connectivity index (χ4n) is 1.19. The minimum Gasteiger partial charge on any atom is -0.352 e. The largest absolute Gasteiger partial charge is 0.352 e. The van der Waals surface area contributed by atoms with E-state index in [0.29, 0.717) is 17.3 Å². The molecule has 1 rings (SSSR count). The third kappa shape index (κ3) is 5.06. The summed E-state index contributed by atoms with van der Waals surface area (Å²) in [5.41, 5.74) is 1.12. The Hall–Kier alpha value is -1.27. The summed E-state index contributed by atoms with van der Waals surface area (Å²) in [5, 5.41) is 3.00. The highest BCUT2D eigenvalue weighted by Crippen LogP contribution is 2.21. The van der Waals surface area contributed by atoms with Crippen molar-refractivity contribution in [3.05, 3.63) is 28.8 Å². The van der Waals surface area contributed by atoms with Crippen molar-refractivity contribution in [2.75, 3.05) is 11.0 Å². The number of carbonyl (C=O) groups excluding carboxylic acids is 1. The van der Waals surface area contributed by atoms with Crippen molar-refractivity contribution in [1.82, 2.24) is 5.32 Å². The summed E-state index contributed by atoms with van der Waals surface area (Å²) in [7, 11) is -3.31. The second-order valence-corrected chi connectivity index (χ2v) is 5.75. The first-order valence-electron chi connectivity index (χ1n) is 4.78. The smallest absolute Gasteiger partial charge is 0.229 e. The summed E-state index contributed by atoms with van der Waals surface area (Å²) in [5.74, 6) is -0.153. The molecule has 7 heteroatoms. The second kappa shape index (κ2) is 5.37. The summed E-state index contributed by atoms with van der Waals surface area (Å²) in [4.78, 5) is 10.7. The number of hydrogen-bond donors (Lipinski definition) is 2. The molecule has 0 radical (unpaired) electrons. The molecule has 0 saturated carbocycles. The second-order valence-electron chi connectivity index (χ2n) is 3.59. The van der Waals surface area contributed by atoms with Crippen molar-refractivity contribution in [2.45, 2.75) is 13.5 Å². The van der Waals surface area contributed by atoms with E-state index in [1.54, 1.807) is 12.1 Å². The van der Waals surface area contributed by atoms with Gasteiger partial charge in [0.05, 0.1) is 6.26 Å². The Bertz CT molecular complexity index is 528. The molecular formula is C10H13ClN2O3S. The van der Waals surface area contributed by atoms with Gasteiger partial charge in [-0.15, -0.1) is 0 Å². The average Bonchev–Trinajstić information content (AvgIpc) is 2.13. The number of benzene rings is 1. The molecule has 0 spiro atoms. The van der Waals surface area contributed by atoms with Gasteiger partial charge in [-0.1, -0.05) is 17.7 Å². The Morgan fingerprint density at radius 3 is 2.53 bits per heavy atom. The van der Waals surface area contributed by atoms with E-state index in [1.807, 2.05) is 0 Å². The minimum absolute atomic E-state index is 0.153. The monoisotopic (exact) mass is 276 g/mol. The Morgan fingerprint density at radius 2 is 2.06 bits per heavy atom. The van der Waals surface area contributed by atoms with Crippen molar-refractivity contribution in [3.63, 3.8) is 0 Å². The molecule has 0 fully saturated rings. The highest BCUT2D eigenvalue weighted by Gasteiger charge is 2.06. The molecule has 0 unspecified atom stereocenters. The van der Waals surface area contributed by atoms with Crippen LogP contribution in [-0.2, 0) is 21.4 Å². The summed E-state index contributed by atoms with van der Waals surface area (Å²) in [6.07, 6.45) is 1.06. The van der Waals surface area contributed by atoms with Gasteiger partial charge in [0.2, 0.25) is 15.9 Å². The van der Waals surface area contributed by atoms with Gasteiger partial charge in [0.1, 0.15) is 0 Å². The van der Waals surface area contributed by atoms with Crippen LogP contribution in [0.15, 0.2) is 18.2 Å². The Balaban J connectivity index is 2.83. The molecule has 0 aliphatic rings. The van der Waals surface area contributed by atoms with Crippen LogP contribution in [0.5, 0.6) is 0 Å². The summed E-state index contributed by atoms with van der Waals surface area (Å²) < 4.78 is 24.3. The maximum atomic E-state index is 11.0. The molecule has 17 heavy (non-hydrogen) atoms. The number of nitrogens with one attached hydrogen (secondary N) is 2. The van der Waals surface area contributed by atoms with E-state index in [2.05, 4.69) is 10.0 Å². The quantitative estimate of drug-likeness (QED) is 0.872. The number of amides is 1. The van der Waals surface area contributed by atoms with E-state index in [9.17, 15) is 13.2 Å². The molecule has 0 saturated heterocycles. The van der Waals surface area contributed by atoms with Gasteiger partial charge in [-0.3, -0.25) is 9.52 Å². The van der Waals surface area contributed by atoms with Gasteiger partial charge in [-0.05, 0) is 17.7 Å². The molecule has 1 aromatic rings.